The molecular formula is C12H13NO4. The van der Waals surface area contributed by atoms with Crippen LogP contribution in [0.4, 0.5) is 5.69 Å². The fourth-order valence-electron chi connectivity index (χ4n) is 1.30. The molecule has 0 unspecified atom stereocenters. The van der Waals surface area contributed by atoms with Crippen molar-refractivity contribution in [3.05, 3.63) is 46.5 Å². The van der Waals surface area contributed by atoms with Gasteiger partial charge in [0.05, 0.1) is 10.3 Å². The lowest BCUT2D eigenvalue weighted by Crippen LogP contribution is -2.24. The van der Waals surface area contributed by atoms with Gasteiger partial charge in [-0.15, -0.1) is 0 Å². The van der Waals surface area contributed by atoms with Crippen LogP contribution in [-0.4, -0.2) is 16.0 Å². The van der Waals surface area contributed by atoms with Crippen molar-refractivity contribution in [2.75, 3.05) is 0 Å². The number of hydrogen-bond donors (Lipinski definition) is 1. The zero-order chi connectivity index (χ0) is 13.2. The molecule has 0 aromatic heterocycles. The van der Waals surface area contributed by atoms with Crippen molar-refractivity contribution >= 4 is 17.2 Å². The topological polar surface area (TPSA) is 80.4 Å². The lowest BCUT2D eigenvalue weighted by Gasteiger charge is -2.22. The Bertz CT molecular complexity index is 491. The molecule has 0 saturated heterocycles. The SMILES string of the molecule is C=C(c1cccc([N+](=O)[O-])c1)C(C)(C)C(=O)O. The van der Waals surface area contributed by atoms with Gasteiger partial charge in [0.25, 0.3) is 5.69 Å². The van der Waals surface area contributed by atoms with Crippen molar-refractivity contribution in [3.63, 3.8) is 0 Å². The van der Waals surface area contributed by atoms with Gasteiger partial charge in [0.1, 0.15) is 0 Å². The largest absolute Gasteiger partial charge is 0.481 e. The molecule has 0 amide bonds. The first-order chi connectivity index (χ1) is 7.76. The molecule has 90 valence electrons. The van der Waals surface area contributed by atoms with Crippen molar-refractivity contribution in [1.82, 2.24) is 0 Å². The summed E-state index contributed by atoms with van der Waals surface area (Å²) < 4.78 is 0. The minimum absolute atomic E-state index is 0.0789. The number of aliphatic carboxylic acids is 1. The van der Waals surface area contributed by atoms with Gasteiger partial charge in [0.2, 0.25) is 0 Å². The van der Waals surface area contributed by atoms with Crippen LogP contribution in [0.15, 0.2) is 30.8 Å². The number of benzene rings is 1. The number of nitrogens with zero attached hydrogens (tertiary/aromatic N) is 1. The summed E-state index contributed by atoms with van der Waals surface area (Å²) >= 11 is 0. The monoisotopic (exact) mass is 235 g/mol. The van der Waals surface area contributed by atoms with Crippen molar-refractivity contribution in [2.24, 2.45) is 5.41 Å². The van der Waals surface area contributed by atoms with Gasteiger partial charge < -0.3 is 5.11 Å². The van der Waals surface area contributed by atoms with E-state index in [2.05, 4.69) is 6.58 Å². The highest BCUT2D eigenvalue weighted by molar-refractivity contribution is 5.90. The summed E-state index contributed by atoms with van der Waals surface area (Å²) in [6.07, 6.45) is 0. The third kappa shape index (κ3) is 2.50. The van der Waals surface area contributed by atoms with E-state index in [0.717, 1.165) is 0 Å². The average molecular weight is 235 g/mol. The number of carboxylic acids is 1. The second kappa shape index (κ2) is 4.37. The van der Waals surface area contributed by atoms with E-state index in [-0.39, 0.29) is 5.69 Å². The standard InChI is InChI=1S/C12H13NO4/c1-8(12(2,3)11(14)15)9-5-4-6-10(7-9)13(16)17/h4-7H,1H2,2-3H3,(H,14,15). The zero-order valence-corrected chi connectivity index (χ0v) is 9.64. The molecule has 0 heterocycles. The van der Waals surface area contributed by atoms with Crippen LogP contribution in [0, 0.1) is 15.5 Å². The lowest BCUT2D eigenvalue weighted by molar-refractivity contribution is -0.384. The predicted molar refractivity (Wildman–Crippen MR) is 63.5 cm³/mol. The molecule has 1 aromatic carbocycles. The summed E-state index contributed by atoms with van der Waals surface area (Å²) in [5.41, 5.74) is -0.431. The maximum absolute atomic E-state index is 11.1. The number of non-ortho nitro benzene ring substituents is 1. The second-order valence-corrected chi connectivity index (χ2v) is 4.22. The highest BCUT2D eigenvalue weighted by Crippen LogP contribution is 2.34. The number of carbonyl (C=O) groups is 1. The van der Waals surface area contributed by atoms with Gasteiger partial charge in [-0.2, -0.15) is 0 Å². The Morgan fingerprint density at radius 1 is 1.47 bits per heavy atom. The molecule has 1 rings (SSSR count). The van der Waals surface area contributed by atoms with Gasteiger partial charge in [-0.25, -0.2) is 0 Å². The van der Waals surface area contributed by atoms with Gasteiger partial charge in [0, 0.05) is 12.1 Å². The average Bonchev–Trinajstić information content (AvgIpc) is 2.27. The van der Waals surface area contributed by atoms with Gasteiger partial charge in [-0.05, 0) is 25.0 Å². The van der Waals surface area contributed by atoms with Gasteiger partial charge in [0.15, 0.2) is 0 Å². The van der Waals surface area contributed by atoms with Crippen LogP contribution in [0.3, 0.4) is 0 Å². The summed E-state index contributed by atoms with van der Waals surface area (Å²) in [5.74, 6) is -1.02. The highest BCUT2D eigenvalue weighted by Gasteiger charge is 2.31. The Morgan fingerprint density at radius 3 is 2.53 bits per heavy atom. The molecule has 0 saturated carbocycles. The summed E-state index contributed by atoms with van der Waals surface area (Å²) in [7, 11) is 0. The quantitative estimate of drug-likeness (QED) is 0.642. The van der Waals surface area contributed by atoms with Crippen molar-refractivity contribution < 1.29 is 14.8 Å². The van der Waals surface area contributed by atoms with Crippen LogP contribution in [0.1, 0.15) is 19.4 Å². The Labute approximate surface area is 98.5 Å². The molecule has 1 N–H and O–H groups in total. The third-order valence-corrected chi connectivity index (χ3v) is 2.69. The first-order valence-corrected chi connectivity index (χ1v) is 4.94. The summed E-state index contributed by atoms with van der Waals surface area (Å²) in [5, 5.41) is 19.7. The van der Waals surface area contributed by atoms with Crippen molar-refractivity contribution in [2.45, 2.75) is 13.8 Å². The Morgan fingerprint density at radius 2 is 2.06 bits per heavy atom. The van der Waals surface area contributed by atoms with Crippen LogP contribution in [0.5, 0.6) is 0 Å². The van der Waals surface area contributed by atoms with E-state index in [1.807, 2.05) is 0 Å². The Hall–Kier alpha value is -2.17. The highest BCUT2D eigenvalue weighted by atomic mass is 16.6. The first kappa shape index (κ1) is 12.9. The molecule has 0 fully saturated rings. The summed E-state index contributed by atoms with van der Waals surface area (Å²) in [6.45, 7) is 6.74. The summed E-state index contributed by atoms with van der Waals surface area (Å²) in [6, 6.07) is 5.80. The second-order valence-electron chi connectivity index (χ2n) is 4.22. The minimum Gasteiger partial charge on any atom is -0.481 e. The normalized spacial score (nSPS) is 10.9. The molecule has 1 aromatic rings. The number of nitro benzene ring substituents is 1. The zero-order valence-electron chi connectivity index (χ0n) is 9.64. The van der Waals surface area contributed by atoms with E-state index in [1.54, 1.807) is 6.07 Å². The van der Waals surface area contributed by atoms with E-state index in [1.165, 1.54) is 32.0 Å². The van der Waals surface area contributed by atoms with E-state index >= 15 is 0 Å². The van der Waals surface area contributed by atoms with Crippen LogP contribution in [-0.2, 0) is 4.79 Å². The summed E-state index contributed by atoms with van der Waals surface area (Å²) in [4.78, 5) is 21.2. The fraction of sp³-hybridized carbons (Fsp3) is 0.250. The molecule has 5 nitrogen and oxygen atoms in total. The minimum atomic E-state index is -1.16. The molecule has 0 radical (unpaired) electrons. The van der Waals surface area contributed by atoms with Gasteiger partial charge in [-0.3, -0.25) is 14.9 Å². The van der Waals surface area contributed by atoms with Crippen molar-refractivity contribution in [1.29, 1.82) is 0 Å². The van der Waals surface area contributed by atoms with Crippen LogP contribution in [0.2, 0.25) is 0 Å². The van der Waals surface area contributed by atoms with E-state index in [4.69, 9.17) is 5.11 Å². The maximum Gasteiger partial charge on any atom is 0.313 e. The fourth-order valence-corrected chi connectivity index (χ4v) is 1.30. The van der Waals surface area contributed by atoms with Gasteiger partial charge in [-0.1, -0.05) is 18.7 Å². The molecule has 0 atom stereocenters. The Kier molecular flexibility index (Phi) is 3.31. The molecule has 0 aliphatic heterocycles. The van der Waals surface area contributed by atoms with Crippen LogP contribution < -0.4 is 0 Å². The van der Waals surface area contributed by atoms with Gasteiger partial charge >= 0.3 is 5.97 Å². The maximum atomic E-state index is 11.1. The third-order valence-electron chi connectivity index (χ3n) is 2.69. The number of hydrogen-bond acceptors (Lipinski definition) is 3. The lowest BCUT2D eigenvalue weighted by atomic mass is 9.81. The molecule has 0 aliphatic rings. The van der Waals surface area contributed by atoms with E-state index < -0.39 is 16.3 Å². The molecular weight excluding hydrogens is 222 g/mol. The van der Waals surface area contributed by atoms with Crippen LogP contribution in [0.25, 0.3) is 5.57 Å². The predicted octanol–water partition coefficient (Wildman–Crippen LogP) is 2.72. The molecule has 17 heavy (non-hydrogen) atoms. The number of rotatable bonds is 4. The smallest absolute Gasteiger partial charge is 0.313 e. The molecule has 0 aliphatic carbocycles. The van der Waals surface area contributed by atoms with Crippen LogP contribution >= 0.6 is 0 Å². The van der Waals surface area contributed by atoms with Crippen molar-refractivity contribution in [3.8, 4) is 0 Å². The molecule has 5 heteroatoms. The number of carboxylic acid groups (broad SMARTS) is 1. The molecule has 0 spiro atoms. The first-order valence-electron chi connectivity index (χ1n) is 4.94. The Balaban J connectivity index is 3.18. The van der Waals surface area contributed by atoms with E-state index in [9.17, 15) is 14.9 Å². The number of nitro groups is 1. The van der Waals surface area contributed by atoms with E-state index in [0.29, 0.717) is 11.1 Å². The molecule has 0 bridgehead atoms.